The van der Waals surface area contributed by atoms with Gasteiger partial charge in [-0.25, -0.2) is 0 Å². The summed E-state index contributed by atoms with van der Waals surface area (Å²) in [4.78, 5) is 2.38. The second-order valence-electron chi connectivity index (χ2n) is 18.1. The average Bonchev–Trinajstić information content (AvgIpc) is 3.97. The Morgan fingerprint density at radius 1 is 0.275 bits per heavy atom. The molecular weight excluding hydrogens is 837 g/mol. The molecule has 69 heavy (non-hydrogen) atoms. The molecule has 0 spiro atoms. The van der Waals surface area contributed by atoms with E-state index in [4.69, 9.17) is 4.42 Å². The van der Waals surface area contributed by atoms with Gasteiger partial charge in [0.1, 0.15) is 11.2 Å². The molecule has 0 aliphatic carbocycles. The number of hydrogen-bond acceptors (Lipinski definition) is 2. The summed E-state index contributed by atoms with van der Waals surface area (Å²) in [6.07, 6.45) is 0. The van der Waals surface area contributed by atoms with Crippen LogP contribution in [0.5, 0.6) is 0 Å². The molecule has 0 radical (unpaired) electrons. The van der Waals surface area contributed by atoms with Crippen molar-refractivity contribution in [3.8, 4) is 39.1 Å². The fourth-order valence-corrected chi connectivity index (χ4v) is 10.8. The maximum Gasteiger partial charge on any atom is 0.143 e. The lowest BCUT2D eigenvalue weighted by Gasteiger charge is -2.27. The van der Waals surface area contributed by atoms with Gasteiger partial charge in [0.25, 0.3) is 0 Å². The second-order valence-corrected chi connectivity index (χ2v) is 18.1. The Hall–Kier alpha value is -9.18. The highest BCUT2D eigenvalue weighted by atomic mass is 16.3. The van der Waals surface area contributed by atoms with Crippen LogP contribution in [0.2, 0.25) is 0 Å². The Morgan fingerprint density at radius 2 is 0.768 bits per heavy atom. The standard InChI is InChI=1S/C66H42N2O/c1-3-20-56-44(12-1)26-27-51-38-49(31-35-57(51)56)47-15-10-17-53(40-47)67(54-18-11-16-48(41-54)50-32-36-61-62-37-30-45-13-2-4-21-58(45)66(62)69-65(61)42-50)52-33-28-43(29-34-52)46-14-9-19-55(39-46)68-63-24-7-5-22-59(63)60-23-6-8-25-64(60)68/h1-42H. The SMILES string of the molecule is c1cc(-c2ccc3c(ccc4ccccc43)c2)cc(N(c2ccc(-c3cccc(-n4c5ccccc5c5ccccc54)c3)cc2)c2cccc(-c3ccc4c(c3)oc3c5ccccc5ccc43)c2)c1. The van der Waals surface area contributed by atoms with Crippen molar-refractivity contribution in [2.45, 2.75) is 0 Å². The second kappa shape index (κ2) is 15.7. The van der Waals surface area contributed by atoms with Crippen molar-refractivity contribution in [3.05, 3.63) is 255 Å². The van der Waals surface area contributed by atoms with Gasteiger partial charge in [-0.15, -0.1) is 0 Å². The minimum absolute atomic E-state index is 0.884. The predicted molar refractivity (Wildman–Crippen MR) is 292 cm³/mol. The third-order valence-corrected chi connectivity index (χ3v) is 14.1. The Morgan fingerprint density at radius 3 is 1.48 bits per heavy atom. The molecule has 3 heteroatoms. The van der Waals surface area contributed by atoms with E-state index in [9.17, 15) is 0 Å². The van der Waals surface area contributed by atoms with Crippen LogP contribution in [0.1, 0.15) is 0 Å². The Kier molecular flexibility index (Phi) is 8.90. The molecule has 0 bridgehead atoms. The minimum atomic E-state index is 0.884. The number of anilines is 3. The molecule has 0 aliphatic rings. The molecule has 2 aromatic heterocycles. The fraction of sp³-hybridized carbons (Fsp3) is 0. The molecular formula is C66H42N2O. The van der Waals surface area contributed by atoms with Crippen molar-refractivity contribution < 1.29 is 4.42 Å². The molecule has 322 valence electrons. The summed E-state index contributed by atoms with van der Waals surface area (Å²) < 4.78 is 9.03. The molecule has 2 heterocycles. The smallest absolute Gasteiger partial charge is 0.143 e. The van der Waals surface area contributed by atoms with Gasteiger partial charge in [0.2, 0.25) is 0 Å². The summed E-state index contributed by atoms with van der Waals surface area (Å²) in [6.45, 7) is 0. The highest BCUT2D eigenvalue weighted by Gasteiger charge is 2.18. The van der Waals surface area contributed by atoms with E-state index in [1.807, 2.05) is 0 Å². The fourth-order valence-electron chi connectivity index (χ4n) is 10.8. The van der Waals surface area contributed by atoms with E-state index in [1.165, 1.54) is 54.3 Å². The molecule has 0 atom stereocenters. The third-order valence-electron chi connectivity index (χ3n) is 14.1. The highest BCUT2D eigenvalue weighted by molar-refractivity contribution is 6.15. The largest absolute Gasteiger partial charge is 0.455 e. The van der Waals surface area contributed by atoms with E-state index in [1.54, 1.807) is 0 Å². The van der Waals surface area contributed by atoms with Crippen LogP contribution in [-0.4, -0.2) is 4.57 Å². The van der Waals surface area contributed by atoms with Gasteiger partial charge >= 0.3 is 0 Å². The lowest BCUT2D eigenvalue weighted by Crippen LogP contribution is -2.10. The molecule has 0 fully saturated rings. The van der Waals surface area contributed by atoms with Crippen LogP contribution in [0, 0.1) is 0 Å². The van der Waals surface area contributed by atoms with Crippen molar-refractivity contribution in [1.82, 2.24) is 4.57 Å². The van der Waals surface area contributed by atoms with E-state index < -0.39 is 0 Å². The third kappa shape index (κ3) is 6.51. The zero-order valence-corrected chi connectivity index (χ0v) is 37.6. The first-order chi connectivity index (χ1) is 34.2. The molecule has 3 nitrogen and oxygen atoms in total. The van der Waals surface area contributed by atoms with Gasteiger partial charge in [-0.1, -0.05) is 170 Å². The molecule has 0 saturated carbocycles. The Bertz CT molecular complexity index is 4270. The van der Waals surface area contributed by atoms with E-state index in [-0.39, 0.29) is 0 Å². The molecule has 14 rings (SSSR count). The maximum atomic E-state index is 6.65. The summed E-state index contributed by atoms with van der Waals surface area (Å²) in [5, 5.41) is 12.1. The molecule has 0 N–H and O–H groups in total. The van der Waals surface area contributed by atoms with E-state index in [2.05, 4.69) is 264 Å². The number of rotatable bonds is 7. The van der Waals surface area contributed by atoms with Crippen LogP contribution in [0.3, 0.4) is 0 Å². The Balaban J connectivity index is 0.874. The number of aromatic nitrogens is 1. The van der Waals surface area contributed by atoms with Crippen LogP contribution < -0.4 is 4.90 Å². The normalized spacial score (nSPS) is 11.8. The number of nitrogens with zero attached hydrogens (tertiary/aromatic N) is 2. The van der Waals surface area contributed by atoms with Crippen molar-refractivity contribution in [2.75, 3.05) is 4.90 Å². The summed E-state index contributed by atoms with van der Waals surface area (Å²) in [5.74, 6) is 0. The molecule has 0 saturated heterocycles. The van der Waals surface area contributed by atoms with Crippen LogP contribution >= 0.6 is 0 Å². The number of fused-ring (bicyclic) bond motifs is 11. The first-order valence-electron chi connectivity index (χ1n) is 23.6. The molecule has 12 aromatic carbocycles. The number of furan rings is 1. The quantitative estimate of drug-likeness (QED) is 0.149. The first kappa shape index (κ1) is 39.0. The number of benzene rings is 12. The summed E-state index contributed by atoms with van der Waals surface area (Å²) in [7, 11) is 0. The van der Waals surface area contributed by atoms with E-state index >= 15 is 0 Å². The Labute approximate surface area is 399 Å². The van der Waals surface area contributed by atoms with Crippen LogP contribution in [-0.2, 0) is 0 Å². The lowest BCUT2D eigenvalue weighted by molar-refractivity contribution is 0.673. The summed E-state index contributed by atoms with van der Waals surface area (Å²) in [5.41, 5.74) is 15.4. The van der Waals surface area contributed by atoms with Crippen molar-refractivity contribution in [2.24, 2.45) is 0 Å². The van der Waals surface area contributed by atoms with Crippen LogP contribution in [0.4, 0.5) is 17.1 Å². The van der Waals surface area contributed by atoms with Crippen molar-refractivity contribution in [1.29, 1.82) is 0 Å². The molecule has 14 aromatic rings. The van der Waals surface area contributed by atoms with Crippen LogP contribution in [0.15, 0.2) is 259 Å². The average molecular weight is 879 g/mol. The topological polar surface area (TPSA) is 21.3 Å². The minimum Gasteiger partial charge on any atom is -0.455 e. The summed E-state index contributed by atoms with van der Waals surface area (Å²) in [6, 6.07) is 92.6. The monoisotopic (exact) mass is 878 g/mol. The number of para-hydroxylation sites is 2. The molecule has 0 unspecified atom stereocenters. The van der Waals surface area contributed by atoms with Gasteiger partial charge in [0.05, 0.1) is 11.0 Å². The summed E-state index contributed by atoms with van der Waals surface area (Å²) >= 11 is 0. The van der Waals surface area contributed by atoms with Gasteiger partial charge in [0, 0.05) is 49.7 Å². The number of hydrogen-bond donors (Lipinski definition) is 0. The highest BCUT2D eigenvalue weighted by Crippen LogP contribution is 2.42. The van der Waals surface area contributed by atoms with Crippen molar-refractivity contribution in [3.63, 3.8) is 0 Å². The zero-order chi connectivity index (χ0) is 45.4. The van der Waals surface area contributed by atoms with Crippen LogP contribution in [0.25, 0.3) is 115 Å². The van der Waals surface area contributed by atoms with Gasteiger partial charge in [-0.05, 0) is 145 Å². The van der Waals surface area contributed by atoms with Gasteiger partial charge in [-0.2, -0.15) is 0 Å². The first-order valence-corrected chi connectivity index (χ1v) is 23.6. The molecule has 0 aliphatic heterocycles. The zero-order valence-electron chi connectivity index (χ0n) is 37.6. The van der Waals surface area contributed by atoms with Gasteiger partial charge in [-0.3, -0.25) is 0 Å². The maximum absolute atomic E-state index is 6.65. The van der Waals surface area contributed by atoms with E-state index in [0.717, 1.165) is 77.9 Å². The van der Waals surface area contributed by atoms with Crippen molar-refractivity contribution >= 4 is 93.1 Å². The van der Waals surface area contributed by atoms with E-state index in [0.29, 0.717) is 0 Å². The predicted octanol–water partition coefficient (Wildman–Crippen LogP) is 18.6. The van der Waals surface area contributed by atoms with Gasteiger partial charge < -0.3 is 13.9 Å². The lowest BCUT2D eigenvalue weighted by atomic mass is 9.97. The molecule has 0 amide bonds. The van der Waals surface area contributed by atoms with Gasteiger partial charge in [0.15, 0.2) is 0 Å².